The van der Waals surface area contributed by atoms with E-state index in [4.69, 9.17) is 9.47 Å². The Balaban J connectivity index is 1.56. The molecule has 0 spiro atoms. The van der Waals surface area contributed by atoms with Gasteiger partial charge in [-0.15, -0.1) is 0 Å². The molecule has 2 aromatic rings. The lowest BCUT2D eigenvalue weighted by Crippen LogP contribution is -2.39. The molecule has 0 bridgehead atoms. The van der Waals surface area contributed by atoms with Gasteiger partial charge in [-0.2, -0.15) is 0 Å². The van der Waals surface area contributed by atoms with Crippen LogP contribution in [0.5, 0.6) is 11.5 Å². The van der Waals surface area contributed by atoms with Crippen molar-refractivity contribution in [2.24, 2.45) is 0 Å². The number of rotatable bonds is 7. The zero-order valence-corrected chi connectivity index (χ0v) is 17.2. The Hall–Kier alpha value is -3.09. The average Bonchev–Trinajstić information content (AvgIpc) is 2.76. The molecule has 0 fully saturated rings. The molecule has 0 saturated heterocycles. The number of benzene rings is 1. The third-order valence-electron chi connectivity index (χ3n) is 5.28. The fourth-order valence-corrected chi connectivity index (χ4v) is 3.44. The van der Waals surface area contributed by atoms with Crippen LogP contribution in [0.2, 0.25) is 0 Å². The minimum atomic E-state index is -0.165. The van der Waals surface area contributed by atoms with Crippen molar-refractivity contribution in [1.82, 2.24) is 14.8 Å². The molecule has 0 aliphatic carbocycles. The van der Waals surface area contributed by atoms with Crippen molar-refractivity contribution in [2.45, 2.75) is 25.8 Å². The van der Waals surface area contributed by atoms with Gasteiger partial charge in [-0.25, -0.2) is 0 Å². The van der Waals surface area contributed by atoms with Crippen molar-refractivity contribution >= 4 is 11.8 Å². The Morgan fingerprint density at radius 3 is 2.41 bits per heavy atom. The van der Waals surface area contributed by atoms with E-state index < -0.39 is 0 Å². The molecule has 29 heavy (non-hydrogen) atoms. The van der Waals surface area contributed by atoms with Gasteiger partial charge < -0.3 is 19.3 Å². The van der Waals surface area contributed by atoms with Crippen molar-refractivity contribution < 1.29 is 19.1 Å². The van der Waals surface area contributed by atoms with Crippen LogP contribution in [-0.4, -0.2) is 61.0 Å². The number of amides is 2. The first-order chi connectivity index (χ1) is 14.0. The molecule has 7 nitrogen and oxygen atoms in total. The van der Waals surface area contributed by atoms with E-state index in [-0.39, 0.29) is 18.2 Å². The molecular weight excluding hydrogens is 370 g/mol. The number of fused-ring (bicyclic) bond motifs is 1. The van der Waals surface area contributed by atoms with Gasteiger partial charge in [0.15, 0.2) is 11.5 Å². The fraction of sp³-hybridized carbons (Fsp3) is 0.409. The van der Waals surface area contributed by atoms with E-state index in [0.717, 1.165) is 29.5 Å². The maximum absolute atomic E-state index is 12.7. The number of carbonyl (C=O) groups is 2. The first-order valence-corrected chi connectivity index (χ1v) is 9.66. The van der Waals surface area contributed by atoms with Gasteiger partial charge in [-0.3, -0.25) is 14.6 Å². The number of aromatic nitrogens is 1. The maximum Gasteiger partial charge on any atom is 0.232 e. The van der Waals surface area contributed by atoms with Gasteiger partial charge in [0.25, 0.3) is 0 Å². The second kappa shape index (κ2) is 9.41. The average molecular weight is 397 g/mol. The summed E-state index contributed by atoms with van der Waals surface area (Å²) >= 11 is 0. The van der Waals surface area contributed by atoms with Gasteiger partial charge in [0.2, 0.25) is 11.8 Å². The molecule has 0 saturated carbocycles. The topological polar surface area (TPSA) is 72.0 Å². The molecule has 154 valence electrons. The summed E-state index contributed by atoms with van der Waals surface area (Å²) < 4.78 is 10.7. The van der Waals surface area contributed by atoms with Gasteiger partial charge in [-0.1, -0.05) is 0 Å². The minimum Gasteiger partial charge on any atom is -0.493 e. The van der Waals surface area contributed by atoms with Crippen LogP contribution in [0.15, 0.2) is 36.7 Å². The second-order valence-electron chi connectivity index (χ2n) is 7.14. The Morgan fingerprint density at radius 2 is 1.76 bits per heavy atom. The first-order valence-electron chi connectivity index (χ1n) is 9.66. The lowest BCUT2D eigenvalue weighted by molar-refractivity contribution is -0.140. The zero-order valence-electron chi connectivity index (χ0n) is 17.2. The van der Waals surface area contributed by atoms with Gasteiger partial charge >= 0.3 is 0 Å². The molecule has 0 N–H and O–H groups in total. The number of carbonyl (C=O) groups excluding carboxylic acids is 2. The van der Waals surface area contributed by atoms with E-state index in [1.54, 1.807) is 43.5 Å². The summed E-state index contributed by atoms with van der Waals surface area (Å²) in [5, 5.41) is 0. The van der Waals surface area contributed by atoms with E-state index in [0.29, 0.717) is 31.1 Å². The van der Waals surface area contributed by atoms with Gasteiger partial charge in [0, 0.05) is 39.1 Å². The molecule has 0 radical (unpaired) electrons. The number of methoxy groups -OCH3 is 2. The maximum atomic E-state index is 12.7. The van der Waals surface area contributed by atoms with Crippen LogP contribution in [0.25, 0.3) is 0 Å². The highest BCUT2D eigenvalue weighted by molar-refractivity contribution is 5.96. The molecule has 0 unspecified atom stereocenters. The molecule has 1 aromatic carbocycles. The van der Waals surface area contributed by atoms with E-state index in [9.17, 15) is 9.59 Å². The van der Waals surface area contributed by atoms with Crippen LogP contribution in [-0.2, 0) is 29.0 Å². The van der Waals surface area contributed by atoms with Crippen LogP contribution in [0, 0.1) is 0 Å². The van der Waals surface area contributed by atoms with Gasteiger partial charge in [0.1, 0.15) is 6.42 Å². The Labute approximate surface area is 171 Å². The van der Waals surface area contributed by atoms with E-state index in [1.807, 2.05) is 24.3 Å². The second-order valence-corrected chi connectivity index (χ2v) is 7.14. The predicted octanol–water partition coefficient (Wildman–Crippen LogP) is 2.07. The van der Waals surface area contributed by atoms with Crippen LogP contribution in [0.4, 0.5) is 0 Å². The molecule has 1 aliphatic rings. The fourth-order valence-electron chi connectivity index (χ4n) is 3.44. The highest BCUT2D eigenvalue weighted by Crippen LogP contribution is 2.33. The van der Waals surface area contributed by atoms with Crippen LogP contribution in [0.3, 0.4) is 0 Å². The van der Waals surface area contributed by atoms with Crippen molar-refractivity contribution in [3.8, 4) is 11.5 Å². The monoisotopic (exact) mass is 397 g/mol. The Bertz CT molecular complexity index is 870. The van der Waals surface area contributed by atoms with E-state index in [1.165, 1.54) is 0 Å². The molecule has 0 atom stereocenters. The largest absolute Gasteiger partial charge is 0.493 e. The molecule has 2 heterocycles. The predicted molar refractivity (Wildman–Crippen MR) is 109 cm³/mol. The van der Waals surface area contributed by atoms with Crippen molar-refractivity contribution in [3.63, 3.8) is 0 Å². The first kappa shape index (κ1) is 20.6. The summed E-state index contributed by atoms with van der Waals surface area (Å²) in [5.74, 6) is 1.03. The number of hydrogen-bond acceptors (Lipinski definition) is 5. The number of likely N-dealkylation sites (N-methyl/N-ethyl adjacent to an activating group) is 1. The smallest absolute Gasteiger partial charge is 0.232 e. The normalized spacial score (nSPS) is 12.9. The summed E-state index contributed by atoms with van der Waals surface area (Å²) in [5.41, 5.74) is 3.29. The molecule has 7 heteroatoms. The third-order valence-corrected chi connectivity index (χ3v) is 5.28. The number of hydrogen-bond donors (Lipinski definition) is 0. The van der Waals surface area contributed by atoms with E-state index >= 15 is 0 Å². The zero-order chi connectivity index (χ0) is 20.8. The van der Waals surface area contributed by atoms with Gasteiger partial charge in [0.05, 0.1) is 14.2 Å². The van der Waals surface area contributed by atoms with Crippen molar-refractivity contribution in [2.75, 3.05) is 34.4 Å². The minimum absolute atomic E-state index is 0.116. The highest BCUT2D eigenvalue weighted by Gasteiger charge is 2.25. The van der Waals surface area contributed by atoms with Crippen molar-refractivity contribution in [1.29, 1.82) is 0 Å². The van der Waals surface area contributed by atoms with Crippen LogP contribution < -0.4 is 9.47 Å². The van der Waals surface area contributed by atoms with E-state index in [2.05, 4.69) is 4.98 Å². The number of pyridine rings is 1. The highest BCUT2D eigenvalue weighted by atomic mass is 16.5. The van der Waals surface area contributed by atoms with Crippen LogP contribution in [0.1, 0.15) is 23.1 Å². The Morgan fingerprint density at radius 1 is 1.10 bits per heavy atom. The number of nitrogens with zero attached hydrogens (tertiary/aromatic N) is 3. The molecular formula is C22H27N3O4. The van der Waals surface area contributed by atoms with Crippen LogP contribution >= 0.6 is 0 Å². The quantitative estimate of drug-likeness (QED) is 0.669. The molecule has 3 rings (SSSR count). The molecule has 1 aromatic heterocycles. The van der Waals surface area contributed by atoms with Crippen molar-refractivity contribution in [3.05, 3.63) is 53.3 Å². The van der Waals surface area contributed by atoms with Gasteiger partial charge in [-0.05, 0) is 53.8 Å². The number of ether oxygens (including phenoxy) is 2. The summed E-state index contributed by atoms with van der Waals surface area (Å²) in [6.45, 7) is 1.63. The lowest BCUT2D eigenvalue weighted by atomic mass is 9.98. The molecule has 2 amide bonds. The third kappa shape index (κ3) is 5.04. The molecule has 1 aliphatic heterocycles. The summed E-state index contributed by atoms with van der Waals surface area (Å²) in [6.07, 6.45) is 4.82. The SMILES string of the molecule is COc1cc2c(cc1OC)CN(C(=O)CC(=O)N(C)CCc1ccncc1)CC2. The summed E-state index contributed by atoms with van der Waals surface area (Å²) in [7, 11) is 4.94. The summed E-state index contributed by atoms with van der Waals surface area (Å²) in [6, 6.07) is 7.74. The standard InChI is InChI=1S/C22H27N3O4/c1-24(10-6-16-4-8-23-9-5-16)21(26)14-22(27)25-11-7-17-12-19(28-2)20(29-3)13-18(17)15-25/h4-5,8-9,12-13H,6-7,10-11,14-15H2,1-3H3. The Kier molecular flexibility index (Phi) is 6.69. The summed E-state index contributed by atoms with van der Waals surface area (Å²) in [4.78, 5) is 32.5. The lowest BCUT2D eigenvalue weighted by Gasteiger charge is -2.30.